The lowest BCUT2D eigenvalue weighted by molar-refractivity contribution is -0.152. The number of nitrogens with zero attached hydrogens (tertiary/aromatic N) is 2. The SMILES string of the molecule is CC(=O)N1[C@@H]2CN(S(C)(=O)=O)C[C@H]1C2c1ccccc1. The lowest BCUT2D eigenvalue weighted by atomic mass is 9.72. The zero-order chi connectivity index (χ0) is 14.5. The molecule has 0 spiro atoms. The molecule has 1 aromatic rings. The Labute approximate surface area is 119 Å². The minimum atomic E-state index is -3.19. The number of piperidine rings is 1. The molecule has 2 heterocycles. The van der Waals surface area contributed by atoms with Crippen LogP contribution in [0, 0.1) is 0 Å². The van der Waals surface area contributed by atoms with Gasteiger partial charge in [-0.3, -0.25) is 4.79 Å². The van der Waals surface area contributed by atoms with Gasteiger partial charge in [0, 0.05) is 25.9 Å². The van der Waals surface area contributed by atoms with Crippen molar-refractivity contribution in [2.45, 2.75) is 24.9 Å². The van der Waals surface area contributed by atoms with Gasteiger partial charge in [0.25, 0.3) is 0 Å². The molecule has 3 rings (SSSR count). The maximum absolute atomic E-state index is 11.7. The lowest BCUT2D eigenvalue weighted by Gasteiger charge is -2.61. The Hall–Kier alpha value is -1.40. The number of carbonyl (C=O) groups excluding carboxylic acids is 1. The average Bonchev–Trinajstić information content (AvgIpc) is 2.38. The number of hydrogen-bond acceptors (Lipinski definition) is 3. The molecule has 0 aliphatic carbocycles. The van der Waals surface area contributed by atoms with E-state index in [2.05, 4.69) is 12.1 Å². The van der Waals surface area contributed by atoms with Crippen LogP contribution in [-0.2, 0) is 14.8 Å². The van der Waals surface area contributed by atoms with Gasteiger partial charge in [0.2, 0.25) is 15.9 Å². The predicted molar refractivity (Wildman–Crippen MR) is 75.7 cm³/mol. The van der Waals surface area contributed by atoms with Gasteiger partial charge in [-0.2, -0.15) is 4.31 Å². The average molecular weight is 294 g/mol. The summed E-state index contributed by atoms with van der Waals surface area (Å²) in [5.74, 6) is 0.276. The van der Waals surface area contributed by atoms with Gasteiger partial charge in [0.1, 0.15) is 0 Å². The number of piperazine rings is 1. The molecular weight excluding hydrogens is 276 g/mol. The largest absolute Gasteiger partial charge is 0.333 e. The van der Waals surface area contributed by atoms with Crippen molar-refractivity contribution in [3.05, 3.63) is 35.9 Å². The first-order chi connectivity index (χ1) is 9.39. The summed E-state index contributed by atoms with van der Waals surface area (Å²) in [4.78, 5) is 13.6. The van der Waals surface area contributed by atoms with Gasteiger partial charge >= 0.3 is 0 Å². The highest BCUT2D eigenvalue weighted by Crippen LogP contribution is 2.45. The van der Waals surface area contributed by atoms with Crippen molar-refractivity contribution in [2.24, 2.45) is 0 Å². The van der Waals surface area contributed by atoms with Crippen LogP contribution in [0.1, 0.15) is 18.4 Å². The zero-order valence-corrected chi connectivity index (χ0v) is 12.4. The highest BCUT2D eigenvalue weighted by Gasteiger charge is 2.56. The molecule has 5 nitrogen and oxygen atoms in total. The summed E-state index contributed by atoms with van der Waals surface area (Å²) in [5, 5.41) is 0. The molecule has 1 amide bonds. The van der Waals surface area contributed by atoms with Crippen molar-refractivity contribution in [3.63, 3.8) is 0 Å². The van der Waals surface area contributed by atoms with E-state index in [1.165, 1.54) is 16.1 Å². The van der Waals surface area contributed by atoms with Crippen LogP contribution in [0.3, 0.4) is 0 Å². The van der Waals surface area contributed by atoms with E-state index in [9.17, 15) is 13.2 Å². The third-order valence-electron chi connectivity index (χ3n) is 4.34. The van der Waals surface area contributed by atoms with Gasteiger partial charge in [-0.05, 0) is 5.56 Å². The molecule has 2 fully saturated rings. The van der Waals surface area contributed by atoms with Crippen LogP contribution in [-0.4, -0.2) is 55.0 Å². The monoisotopic (exact) mass is 294 g/mol. The highest BCUT2D eigenvalue weighted by molar-refractivity contribution is 7.88. The first-order valence-corrected chi connectivity index (χ1v) is 8.53. The summed E-state index contributed by atoms with van der Waals surface area (Å²) < 4.78 is 24.9. The first kappa shape index (κ1) is 13.6. The van der Waals surface area contributed by atoms with E-state index in [0.29, 0.717) is 13.1 Å². The molecule has 20 heavy (non-hydrogen) atoms. The van der Waals surface area contributed by atoms with Crippen molar-refractivity contribution in [2.75, 3.05) is 19.3 Å². The smallest absolute Gasteiger partial charge is 0.220 e. The Morgan fingerprint density at radius 3 is 2.15 bits per heavy atom. The van der Waals surface area contributed by atoms with Gasteiger partial charge in [0.15, 0.2) is 0 Å². The molecule has 108 valence electrons. The molecule has 2 bridgehead atoms. The molecule has 1 unspecified atom stereocenters. The number of amides is 1. The van der Waals surface area contributed by atoms with Crippen molar-refractivity contribution in [1.29, 1.82) is 0 Å². The normalized spacial score (nSPS) is 29.9. The van der Waals surface area contributed by atoms with E-state index in [-0.39, 0.29) is 23.9 Å². The molecule has 6 heteroatoms. The Morgan fingerprint density at radius 1 is 1.15 bits per heavy atom. The van der Waals surface area contributed by atoms with Gasteiger partial charge in [-0.1, -0.05) is 30.3 Å². The predicted octanol–water partition coefficient (Wildman–Crippen LogP) is 0.645. The van der Waals surface area contributed by atoms with Crippen LogP contribution in [0.25, 0.3) is 0 Å². The van der Waals surface area contributed by atoms with Crippen LogP contribution in [0.5, 0.6) is 0 Å². The van der Waals surface area contributed by atoms with Crippen molar-refractivity contribution >= 4 is 15.9 Å². The molecular formula is C14H18N2O3S. The summed E-state index contributed by atoms with van der Waals surface area (Å²) in [6.45, 7) is 2.35. The minimum Gasteiger partial charge on any atom is -0.333 e. The fourth-order valence-electron chi connectivity index (χ4n) is 3.50. The summed E-state index contributed by atoms with van der Waals surface area (Å²) >= 11 is 0. The standard InChI is InChI=1S/C14H18N2O3S/c1-10(17)16-12-8-15(20(2,18)19)9-13(16)14(12)11-6-4-3-5-7-11/h3-7,12-14H,8-9H2,1-2H3/t12-,13+,14?. The highest BCUT2D eigenvalue weighted by atomic mass is 32.2. The number of sulfonamides is 1. The second-order valence-electron chi connectivity index (χ2n) is 5.58. The molecule has 2 aliphatic heterocycles. The number of benzene rings is 1. The van der Waals surface area contributed by atoms with E-state index in [4.69, 9.17) is 0 Å². The van der Waals surface area contributed by atoms with Crippen molar-refractivity contribution in [1.82, 2.24) is 9.21 Å². The Balaban J connectivity index is 1.89. The first-order valence-electron chi connectivity index (χ1n) is 6.68. The van der Waals surface area contributed by atoms with Crippen LogP contribution >= 0.6 is 0 Å². The van der Waals surface area contributed by atoms with Crippen LogP contribution in [0.2, 0.25) is 0 Å². The Bertz CT molecular complexity index is 615. The second kappa shape index (κ2) is 4.56. The van der Waals surface area contributed by atoms with E-state index in [1.807, 2.05) is 23.1 Å². The molecule has 0 radical (unpaired) electrons. The van der Waals surface area contributed by atoms with Crippen LogP contribution in [0.4, 0.5) is 0 Å². The molecule has 3 atom stereocenters. The van der Waals surface area contributed by atoms with E-state index in [0.717, 1.165) is 0 Å². The minimum absolute atomic E-state index is 0.0281. The number of rotatable bonds is 2. The number of hydrogen-bond donors (Lipinski definition) is 0. The molecule has 0 aromatic heterocycles. The molecule has 1 aromatic carbocycles. The van der Waals surface area contributed by atoms with Crippen molar-refractivity contribution < 1.29 is 13.2 Å². The third kappa shape index (κ3) is 2.03. The molecule has 0 N–H and O–H groups in total. The lowest BCUT2D eigenvalue weighted by Crippen LogP contribution is -2.74. The maximum Gasteiger partial charge on any atom is 0.220 e. The van der Waals surface area contributed by atoms with E-state index in [1.54, 1.807) is 6.92 Å². The fraction of sp³-hybridized carbons (Fsp3) is 0.500. The van der Waals surface area contributed by atoms with E-state index >= 15 is 0 Å². The summed E-state index contributed by atoms with van der Waals surface area (Å²) in [7, 11) is -3.19. The number of carbonyl (C=O) groups is 1. The number of fused-ring (bicyclic) bond motifs is 2. The van der Waals surface area contributed by atoms with Gasteiger partial charge in [-0.15, -0.1) is 0 Å². The quantitative estimate of drug-likeness (QED) is 0.804. The maximum atomic E-state index is 11.7. The van der Waals surface area contributed by atoms with Crippen LogP contribution < -0.4 is 0 Å². The summed E-state index contributed by atoms with van der Waals surface area (Å²) in [5.41, 5.74) is 1.19. The molecule has 2 saturated heterocycles. The summed E-state index contributed by atoms with van der Waals surface area (Å²) in [6.07, 6.45) is 1.23. The van der Waals surface area contributed by atoms with Gasteiger partial charge in [0.05, 0.1) is 18.3 Å². The van der Waals surface area contributed by atoms with Gasteiger partial charge < -0.3 is 4.90 Å². The topological polar surface area (TPSA) is 57.7 Å². The second-order valence-corrected chi connectivity index (χ2v) is 7.56. The summed E-state index contributed by atoms with van der Waals surface area (Å²) in [6, 6.07) is 9.96. The Kier molecular flexibility index (Phi) is 3.10. The fourth-order valence-corrected chi connectivity index (χ4v) is 4.35. The van der Waals surface area contributed by atoms with E-state index < -0.39 is 10.0 Å². The zero-order valence-electron chi connectivity index (χ0n) is 11.6. The van der Waals surface area contributed by atoms with Crippen molar-refractivity contribution in [3.8, 4) is 0 Å². The molecule has 2 aliphatic rings. The Morgan fingerprint density at radius 2 is 1.70 bits per heavy atom. The van der Waals surface area contributed by atoms with Crippen LogP contribution in [0.15, 0.2) is 30.3 Å². The third-order valence-corrected chi connectivity index (χ3v) is 5.58. The van der Waals surface area contributed by atoms with Gasteiger partial charge in [-0.25, -0.2) is 8.42 Å². The molecule has 0 saturated carbocycles.